The van der Waals surface area contributed by atoms with Gasteiger partial charge in [-0.1, -0.05) is 26.2 Å². The monoisotopic (exact) mass is 279 g/mol. The summed E-state index contributed by atoms with van der Waals surface area (Å²) in [6, 6.07) is 0.594. The number of nitrogens with one attached hydrogen (secondary N) is 1. The van der Waals surface area contributed by atoms with Crippen molar-refractivity contribution in [1.29, 1.82) is 0 Å². The highest BCUT2D eigenvalue weighted by atomic mass is 16.5. The molecule has 20 heavy (non-hydrogen) atoms. The van der Waals surface area contributed by atoms with E-state index < -0.39 is 0 Å². The number of ether oxygens (including phenoxy) is 1. The summed E-state index contributed by atoms with van der Waals surface area (Å²) in [4.78, 5) is 4.66. The summed E-state index contributed by atoms with van der Waals surface area (Å²) < 4.78 is 7.39. The van der Waals surface area contributed by atoms with Gasteiger partial charge < -0.3 is 14.6 Å². The second-order valence-corrected chi connectivity index (χ2v) is 5.95. The minimum absolute atomic E-state index is 0.594. The number of hydrogen-bond donors (Lipinski definition) is 1. The molecule has 1 N–H and O–H groups in total. The summed E-state index contributed by atoms with van der Waals surface area (Å²) in [6.45, 7) is 6.15. The molecule has 0 bridgehead atoms. The van der Waals surface area contributed by atoms with E-state index in [2.05, 4.69) is 34.9 Å². The normalized spacial score (nSPS) is 22.9. The molecule has 1 aromatic rings. The van der Waals surface area contributed by atoms with Gasteiger partial charge in [-0.15, -0.1) is 0 Å². The molecule has 0 amide bonds. The lowest BCUT2D eigenvalue weighted by molar-refractivity contribution is 0.190. The Kier molecular flexibility index (Phi) is 5.89. The zero-order valence-electron chi connectivity index (χ0n) is 13.2. The first kappa shape index (κ1) is 15.4. The fourth-order valence-corrected chi connectivity index (χ4v) is 3.26. The molecular formula is C16H29N3O. The first-order valence-electron chi connectivity index (χ1n) is 8.03. The van der Waals surface area contributed by atoms with Gasteiger partial charge >= 0.3 is 0 Å². The Labute approximate surface area is 122 Å². The molecule has 0 saturated heterocycles. The molecule has 114 valence electrons. The highest BCUT2D eigenvalue weighted by Crippen LogP contribution is 2.29. The molecule has 4 nitrogen and oxygen atoms in total. The number of hydrogen-bond acceptors (Lipinski definition) is 3. The summed E-state index contributed by atoms with van der Waals surface area (Å²) in [7, 11) is 1.76. The van der Waals surface area contributed by atoms with Crippen molar-refractivity contribution in [3.63, 3.8) is 0 Å². The van der Waals surface area contributed by atoms with E-state index in [4.69, 9.17) is 4.74 Å². The molecular weight excluding hydrogens is 250 g/mol. The zero-order valence-corrected chi connectivity index (χ0v) is 13.2. The van der Waals surface area contributed by atoms with E-state index >= 15 is 0 Å². The van der Waals surface area contributed by atoms with Crippen LogP contribution in [-0.2, 0) is 11.3 Å². The van der Waals surface area contributed by atoms with E-state index in [1.165, 1.54) is 32.1 Å². The lowest BCUT2D eigenvalue weighted by Crippen LogP contribution is -2.33. The standard InChI is InChI=1S/C16H29N3O/c1-4-14-8-5-6-9-15(14)18-16-17-13(2)12-19(16)10-7-11-20-3/h12,14-15H,4-11H2,1-3H3,(H,17,18). The van der Waals surface area contributed by atoms with Crippen molar-refractivity contribution >= 4 is 5.95 Å². The Bertz CT molecular complexity index is 402. The van der Waals surface area contributed by atoms with Crippen molar-refractivity contribution in [1.82, 2.24) is 9.55 Å². The van der Waals surface area contributed by atoms with Crippen LogP contribution in [0.15, 0.2) is 6.20 Å². The van der Waals surface area contributed by atoms with Crippen molar-refractivity contribution in [3.8, 4) is 0 Å². The summed E-state index contributed by atoms with van der Waals surface area (Å²) in [5.41, 5.74) is 1.09. The zero-order chi connectivity index (χ0) is 14.4. The van der Waals surface area contributed by atoms with Crippen LogP contribution in [0.25, 0.3) is 0 Å². The first-order chi connectivity index (χ1) is 9.74. The second kappa shape index (κ2) is 7.67. The lowest BCUT2D eigenvalue weighted by Gasteiger charge is -2.32. The van der Waals surface area contributed by atoms with Crippen LogP contribution in [0.4, 0.5) is 5.95 Å². The molecule has 2 unspecified atom stereocenters. The van der Waals surface area contributed by atoms with Gasteiger partial charge in [0.2, 0.25) is 5.95 Å². The Balaban J connectivity index is 2.00. The largest absolute Gasteiger partial charge is 0.385 e. The molecule has 0 spiro atoms. The third-order valence-electron chi connectivity index (χ3n) is 4.39. The van der Waals surface area contributed by atoms with Crippen molar-refractivity contribution in [2.24, 2.45) is 5.92 Å². The van der Waals surface area contributed by atoms with Crippen molar-refractivity contribution in [3.05, 3.63) is 11.9 Å². The van der Waals surface area contributed by atoms with Crippen LogP contribution >= 0.6 is 0 Å². The van der Waals surface area contributed by atoms with Crippen molar-refractivity contribution in [2.75, 3.05) is 19.0 Å². The second-order valence-electron chi connectivity index (χ2n) is 5.95. The third-order valence-corrected chi connectivity index (χ3v) is 4.39. The fourth-order valence-electron chi connectivity index (χ4n) is 3.26. The van der Waals surface area contributed by atoms with Gasteiger partial charge in [0.15, 0.2) is 0 Å². The van der Waals surface area contributed by atoms with Crippen LogP contribution in [-0.4, -0.2) is 29.3 Å². The summed E-state index contributed by atoms with van der Waals surface area (Å²) in [5.74, 6) is 1.84. The third kappa shape index (κ3) is 3.98. The van der Waals surface area contributed by atoms with Crippen molar-refractivity contribution in [2.45, 2.75) is 65.0 Å². The highest BCUT2D eigenvalue weighted by molar-refractivity contribution is 5.30. The number of rotatable bonds is 7. The maximum atomic E-state index is 5.14. The molecule has 1 aromatic heterocycles. The van der Waals surface area contributed by atoms with Gasteiger partial charge in [-0.3, -0.25) is 0 Å². The van der Waals surface area contributed by atoms with Crippen LogP contribution in [0.1, 0.15) is 51.1 Å². The van der Waals surface area contributed by atoms with E-state index in [1.807, 2.05) is 0 Å². The quantitative estimate of drug-likeness (QED) is 0.775. The van der Waals surface area contributed by atoms with Crippen molar-refractivity contribution < 1.29 is 4.74 Å². The van der Waals surface area contributed by atoms with Gasteiger partial charge in [0.25, 0.3) is 0 Å². The molecule has 0 aliphatic heterocycles. The van der Waals surface area contributed by atoms with Gasteiger partial charge in [-0.05, 0) is 32.1 Å². The summed E-state index contributed by atoms with van der Waals surface area (Å²) in [6.07, 6.45) is 9.81. The molecule has 0 aromatic carbocycles. The average molecular weight is 279 g/mol. The molecule has 1 aliphatic carbocycles. The Morgan fingerprint density at radius 1 is 1.40 bits per heavy atom. The molecule has 1 aliphatic rings. The molecule has 4 heteroatoms. The minimum atomic E-state index is 0.594. The number of imidazole rings is 1. The lowest BCUT2D eigenvalue weighted by atomic mass is 9.83. The summed E-state index contributed by atoms with van der Waals surface area (Å²) >= 11 is 0. The van der Waals surface area contributed by atoms with E-state index in [0.717, 1.165) is 37.1 Å². The smallest absolute Gasteiger partial charge is 0.203 e. The Morgan fingerprint density at radius 3 is 2.95 bits per heavy atom. The molecule has 2 rings (SSSR count). The Hall–Kier alpha value is -1.03. The van der Waals surface area contributed by atoms with Crippen LogP contribution in [0.5, 0.6) is 0 Å². The van der Waals surface area contributed by atoms with Crippen LogP contribution < -0.4 is 5.32 Å². The maximum absolute atomic E-state index is 5.14. The predicted octanol–water partition coefficient (Wildman–Crippen LogP) is 3.61. The van der Waals surface area contributed by atoms with Gasteiger partial charge in [-0.25, -0.2) is 4.98 Å². The van der Waals surface area contributed by atoms with Crippen LogP contribution in [0.2, 0.25) is 0 Å². The van der Waals surface area contributed by atoms with Crippen LogP contribution in [0, 0.1) is 12.8 Å². The van der Waals surface area contributed by atoms with E-state index in [1.54, 1.807) is 7.11 Å². The van der Waals surface area contributed by atoms with Crippen LogP contribution in [0.3, 0.4) is 0 Å². The van der Waals surface area contributed by atoms with Gasteiger partial charge in [0.05, 0.1) is 5.69 Å². The fraction of sp³-hybridized carbons (Fsp3) is 0.812. The number of anilines is 1. The Morgan fingerprint density at radius 2 is 2.20 bits per heavy atom. The predicted molar refractivity (Wildman–Crippen MR) is 83.1 cm³/mol. The molecule has 1 saturated carbocycles. The average Bonchev–Trinajstić information content (AvgIpc) is 2.80. The molecule has 1 heterocycles. The number of methoxy groups -OCH3 is 1. The highest BCUT2D eigenvalue weighted by Gasteiger charge is 2.24. The number of nitrogens with zero attached hydrogens (tertiary/aromatic N) is 2. The van der Waals surface area contributed by atoms with Gasteiger partial charge in [0.1, 0.15) is 0 Å². The first-order valence-corrected chi connectivity index (χ1v) is 8.03. The molecule has 1 fully saturated rings. The van der Waals surface area contributed by atoms with E-state index in [-0.39, 0.29) is 0 Å². The van der Waals surface area contributed by atoms with Gasteiger partial charge in [-0.2, -0.15) is 0 Å². The number of aryl methyl sites for hydroxylation is 2. The van der Waals surface area contributed by atoms with Gasteiger partial charge in [0, 0.05) is 32.5 Å². The maximum Gasteiger partial charge on any atom is 0.203 e. The number of aromatic nitrogens is 2. The minimum Gasteiger partial charge on any atom is -0.385 e. The topological polar surface area (TPSA) is 39.1 Å². The van der Waals surface area contributed by atoms with E-state index in [9.17, 15) is 0 Å². The molecule has 0 radical (unpaired) electrons. The summed E-state index contributed by atoms with van der Waals surface area (Å²) in [5, 5.41) is 3.71. The SMILES string of the molecule is CCC1CCCCC1Nc1nc(C)cn1CCCOC. The van der Waals surface area contributed by atoms with E-state index in [0.29, 0.717) is 6.04 Å². The molecule has 2 atom stereocenters.